The largest absolute Gasteiger partial charge is 0.388 e. The molecule has 21 heavy (non-hydrogen) atoms. The van der Waals surface area contributed by atoms with Gasteiger partial charge in [0, 0.05) is 12.5 Å². The number of nitrogens with one attached hydrogen (secondary N) is 1. The zero-order valence-corrected chi connectivity index (χ0v) is 12.9. The lowest BCUT2D eigenvalue weighted by atomic mass is 9.88. The number of hydrogen-bond acceptors (Lipinski definition) is 2. The highest BCUT2D eigenvalue weighted by Gasteiger charge is 2.44. The van der Waals surface area contributed by atoms with Gasteiger partial charge in [-0.05, 0) is 42.9 Å². The summed E-state index contributed by atoms with van der Waals surface area (Å²) in [5.74, 6) is -0.184. The quantitative estimate of drug-likeness (QED) is 0.847. The monoisotopic (exact) mass is 293 g/mol. The van der Waals surface area contributed by atoms with Crippen LogP contribution in [0, 0.1) is 17.7 Å². The van der Waals surface area contributed by atoms with Crippen molar-refractivity contribution in [2.24, 2.45) is 11.8 Å². The molecule has 0 radical (unpaired) electrons. The summed E-state index contributed by atoms with van der Waals surface area (Å²) in [6, 6.07) is 6.43. The van der Waals surface area contributed by atoms with Gasteiger partial charge in [-0.25, -0.2) is 4.39 Å². The second kappa shape index (κ2) is 6.14. The number of aliphatic hydroxyl groups is 1. The van der Waals surface area contributed by atoms with Crippen LogP contribution < -0.4 is 5.32 Å². The minimum absolute atomic E-state index is 0.0483. The summed E-state index contributed by atoms with van der Waals surface area (Å²) >= 11 is 0. The molecule has 3 nitrogen and oxygen atoms in total. The van der Waals surface area contributed by atoms with Crippen LogP contribution in [0.2, 0.25) is 0 Å². The Hall–Kier alpha value is -1.42. The third kappa shape index (κ3) is 3.82. The third-order valence-corrected chi connectivity index (χ3v) is 4.70. The molecular formula is C17H24FNO2. The molecule has 0 aromatic heterocycles. The molecule has 1 aliphatic rings. The summed E-state index contributed by atoms with van der Waals surface area (Å²) in [6.45, 7) is 5.99. The van der Waals surface area contributed by atoms with Gasteiger partial charge in [-0.2, -0.15) is 0 Å². The Balaban J connectivity index is 1.87. The maximum atomic E-state index is 13.2. The van der Waals surface area contributed by atoms with Crippen LogP contribution in [0.15, 0.2) is 24.3 Å². The fraction of sp³-hybridized carbons (Fsp3) is 0.588. The number of benzene rings is 1. The first-order valence-electron chi connectivity index (χ1n) is 7.60. The number of rotatable bonds is 6. The smallest absolute Gasteiger partial charge is 0.223 e. The maximum absolute atomic E-state index is 13.2. The van der Waals surface area contributed by atoms with Gasteiger partial charge in [0.15, 0.2) is 0 Å². The average molecular weight is 293 g/mol. The average Bonchev–Trinajstić information content (AvgIpc) is 3.24. The van der Waals surface area contributed by atoms with Crippen LogP contribution in [-0.4, -0.2) is 23.2 Å². The van der Waals surface area contributed by atoms with E-state index in [-0.39, 0.29) is 36.0 Å². The highest BCUT2D eigenvalue weighted by atomic mass is 19.1. The van der Waals surface area contributed by atoms with E-state index in [4.69, 9.17) is 0 Å². The first-order valence-corrected chi connectivity index (χ1v) is 7.60. The maximum Gasteiger partial charge on any atom is 0.223 e. The van der Waals surface area contributed by atoms with Crippen molar-refractivity contribution >= 4 is 5.91 Å². The number of carbonyl (C=O) groups is 1. The molecule has 0 bridgehead atoms. The van der Waals surface area contributed by atoms with E-state index in [2.05, 4.69) is 5.32 Å². The van der Waals surface area contributed by atoms with Crippen LogP contribution in [0.4, 0.5) is 4.39 Å². The minimum atomic E-state index is -0.895. The van der Waals surface area contributed by atoms with E-state index in [1.165, 1.54) is 12.1 Å². The molecular weight excluding hydrogens is 269 g/mol. The second-order valence-corrected chi connectivity index (χ2v) is 6.39. The molecule has 2 N–H and O–H groups in total. The van der Waals surface area contributed by atoms with Crippen molar-refractivity contribution in [1.29, 1.82) is 0 Å². The molecule has 4 heteroatoms. The van der Waals surface area contributed by atoms with E-state index in [0.29, 0.717) is 0 Å². The van der Waals surface area contributed by atoms with Gasteiger partial charge in [-0.15, -0.1) is 0 Å². The summed E-state index contributed by atoms with van der Waals surface area (Å²) in [7, 11) is 0. The van der Waals surface area contributed by atoms with Gasteiger partial charge in [-0.3, -0.25) is 4.79 Å². The van der Waals surface area contributed by atoms with Crippen LogP contribution in [0.1, 0.15) is 45.1 Å². The Morgan fingerprint density at radius 1 is 1.57 bits per heavy atom. The Kier molecular flexibility index (Phi) is 4.67. The zero-order valence-electron chi connectivity index (χ0n) is 12.9. The van der Waals surface area contributed by atoms with E-state index < -0.39 is 5.60 Å². The number of hydrogen-bond donors (Lipinski definition) is 2. The van der Waals surface area contributed by atoms with Crippen molar-refractivity contribution in [2.45, 2.75) is 45.1 Å². The molecule has 1 saturated carbocycles. The molecule has 1 aliphatic carbocycles. The van der Waals surface area contributed by atoms with E-state index >= 15 is 0 Å². The molecule has 1 aromatic rings. The Morgan fingerprint density at radius 2 is 2.29 bits per heavy atom. The molecule has 1 fully saturated rings. The SMILES string of the molecule is CCC(C)C(C)(O)CNC(=O)C1CC1c1cccc(F)c1. The first kappa shape index (κ1) is 16.0. The molecule has 0 aliphatic heterocycles. The van der Waals surface area contributed by atoms with Crippen molar-refractivity contribution in [3.05, 3.63) is 35.6 Å². The molecule has 116 valence electrons. The van der Waals surface area contributed by atoms with E-state index in [9.17, 15) is 14.3 Å². The predicted molar refractivity (Wildman–Crippen MR) is 80.3 cm³/mol. The molecule has 1 amide bonds. The number of halogens is 1. The van der Waals surface area contributed by atoms with E-state index in [1.54, 1.807) is 13.0 Å². The second-order valence-electron chi connectivity index (χ2n) is 6.39. The van der Waals surface area contributed by atoms with Gasteiger partial charge in [0.25, 0.3) is 0 Å². The van der Waals surface area contributed by atoms with Gasteiger partial charge < -0.3 is 10.4 Å². The first-order chi connectivity index (χ1) is 9.85. The molecule has 4 atom stereocenters. The highest BCUT2D eigenvalue weighted by molar-refractivity contribution is 5.82. The van der Waals surface area contributed by atoms with Crippen molar-refractivity contribution in [3.8, 4) is 0 Å². The van der Waals surface area contributed by atoms with Gasteiger partial charge in [0.05, 0.1) is 5.60 Å². The van der Waals surface area contributed by atoms with Crippen molar-refractivity contribution in [3.63, 3.8) is 0 Å². The third-order valence-electron chi connectivity index (χ3n) is 4.70. The minimum Gasteiger partial charge on any atom is -0.388 e. The lowest BCUT2D eigenvalue weighted by Crippen LogP contribution is -2.45. The summed E-state index contributed by atoms with van der Waals surface area (Å²) in [5.41, 5.74) is -0.0166. The van der Waals surface area contributed by atoms with Crippen molar-refractivity contribution < 1.29 is 14.3 Å². The Morgan fingerprint density at radius 3 is 2.90 bits per heavy atom. The van der Waals surface area contributed by atoms with Gasteiger partial charge in [-0.1, -0.05) is 32.4 Å². The van der Waals surface area contributed by atoms with E-state index in [0.717, 1.165) is 18.4 Å². The highest BCUT2D eigenvalue weighted by Crippen LogP contribution is 2.47. The summed E-state index contributed by atoms with van der Waals surface area (Å²) < 4.78 is 13.2. The summed E-state index contributed by atoms with van der Waals surface area (Å²) in [6.07, 6.45) is 1.61. The lowest BCUT2D eigenvalue weighted by Gasteiger charge is -2.29. The van der Waals surface area contributed by atoms with Crippen LogP contribution in [0.3, 0.4) is 0 Å². The van der Waals surface area contributed by atoms with Crippen LogP contribution in [0.25, 0.3) is 0 Å². The fourth-order valence-electron chi connectivity index (χ4n) is 2.60. The predicted octanol–water partition coefficient (Wildman–Crippen LogP) is 2.84. The number of carbonyl (C=O) groups excluding carboxylic acids is 1. The normalized spacial score (nSPS) is 25.0. The zero-order chi connectivity index (χ0) is 15.6. The Bertz CT molecular complexity index is 515. The lowest BCUT2D eigenvalue weighted by molar-refractivity contribution is -0.124. The van der Waals surface area contributed by atoms with Gasteiger partial charge in [0.1, 0.15) is 5.82 Å². The number of amides is 1. The molecule has 4 unspecified atom stereocenters. The van der Waals surface area contributed by atoms with Crippen molar-refractivity contribution in [2.75, 3.05) is 6.54 Å². The fourth-order valence-corrected chi connectivity index (χ4v) is 2.60. The molecule has 0 heterocycles. The van der Waals surface area contributed by atoms with Crippen LogP contribution >= 0.6 is 0 Å². The standard InChI is InChI=1S/C17H24FNO2/c1-4-11(2)17(3,21)10-19-16(20)15-9-14(15)12-6-5-7-13(18)8-12/h5-8,11,14-15,21H,4,9-10H2,1-3H3,(H,19,20). The topological polar surface area (TPSA) is 49.3 Å². The van der Waals surface area contributed by atoms with Gasteiger partial charge >= 0.3 is 0 Å². The molecule has 0 saturated heterocycles. The summed E-state index contributed by atoms with van der Waals surface area (Å²) in [5, 5.41) is 13.1. The summed E-state index contributed by atoms with van der Waals surface area (Å²) in [4.78, 5) is 12.1. The van der Waals surface area contributed by atoms with Gasteiger partial charge in [0.2, 0.25) is 5.91 Å². The van der Waals surface area contributed by atoms with E-state index in [1.807, 2.05) is 19.9 Å². The molecule has 0 spiro atoms. The molecule has 2 rings (SSSR count). The van der Waals surface area contributed by atoms with Crippen LogP contribution in [-0.2, 0) is 4.79 Å². The molecule has 1 aromatic carbocycles. The van der Waals surface area contributed by atoms with Crippen molar-refractivity contribution in [1.82, 2.24) is 5.32 Å². The van der Waals surface area contributed by atoms with Crippen LogP contribution in [0.5, 0.6) is 0 Å². The Labute approximate surface area is 125 Å².